The summed E-state index contributed by atoms with van der Waals surface area (Å²) in [7, 11) is 0. The molecule has 0 saturated carbocycles. The minimum Gasteiger partial charge on any atom is -0.354 e. The van der Waals surface area contributed by atoms with Gasteiger partial charge in [0.15, 0.2) is 0 Å². The van der Waals surface area contributed by atoms with Crippen molar-refractivity contribution < 1.29 is 4.79 Å². The van der Waals surface area contributed by atoms with Gasteiger partial charge in [0, 0.05) is 19.6 Å². The highest BCUT2D eigenvalue weighted by molar-refractivity contribution is 5.78. The first kappa shape index (κ1) is 11.1. The van der Waals surface area contributed by atoms with Gasteiger partial charge in [0.1, 0.15) is 0 Å². The van der Waals surface area contributed by atoms with E-state index >= 15 is 0 Å². The molecular weight excluding hydrogens is 200 g/mol. The third kappa shape index (κ3) is 2.61. The molecule has 1 aromatic rings. The summed E-state index contributed by atoms with van der Waals surface area (Å²) in [6.07, 6.45) is 0. The van der Waals surface area contributed by atoms with Crippen molar-refractivity contribution >= 4 is 5.91 Å². The van der Waals surface area contributed by atoms with Crippen LogP contribution in [0.15, 0.2) is 18.2 Å². The molecule has 0 aromatic heterocycles. The average Bonchev–Trinajstić information content (AvgIpc) is 2.24. The molecule has 3 heteroatoms. The number of nitrogens with one attached hydrogen (secondary N) is 1. The van der Waals surface area contributed by atoms with Gasteiger partial charge in [-0.15, -0.1) is 0 Å². The minimum atomic E-state index is 0.136. The Labute approximate surface area is 96.5 Å². The van der Waals surface area contributed by atoms with Gasteiger partial charge in [0.25, 0.3) is 0 Å². The van der Waals surface area contributed by atoms with Crippen LogP contribution in [-0.2, 0) is 11.3 Å². The molecule has 0 bridgehead atoms. The van der Waals surface area contributed by atoms with Crippen molar-refractivity contribution in [1.82, 2.24) is 10.2 Å². The Morgan fingerprint density at radius 1 is 1.38 bits per heavy atom. The zero-order valence-corrected chi connectivity index (χ0v) is 9.92. The second-order valence-corrected chi connectivity index (χ2v) is 4.49. The van der Waals surface area contributed by atoms with E-state index in [2.05, 4.69) is 42.3 Å². The first-order chi connectivity index (χ1) is 7.65. The molecule has 1 N–H and O–H groups in total. The fraction of sp³-hybridized carbons (Fsp3) is 0.462. The van der Waals surface area contributed by atoms with E-state index in [0.717, 1.165) is 19.6 Å². The Bertz CT molecular complexity index is 401. The molecule has 0 atom stereocenters. The lowest BCUT2D eigenvalue weighted by atomic mass is 10.1. The highest BCUT2D eigenvalue weighted by atomic mass is 16.2. The number of nitrogens with zero attached hydrogens (tertiary/aromatic N) is 1. The second-order valence-electron chi connectivity index (χ2n) is 4.49. The third-order valence-electron chi connectivity index (χ3n) is 3.02. The first-order valence-corrected chi connectivity index (χ1v) is 5.70. The Kier molecular flexibility index (Phi) is 3.25. The van der Waals surface area contributed by atoms with E-state index in [1.54, 1.807) is 0 Å². The maximum atomic E-state index is 11.3. The van der Waals surface area contributed by atoms with Crippen LogP contribution in [0.2, 0.25) is 0 Å². The SMILES string of the molecule is Cc1ccc(C)c(CN2CCNC(=O)C2)c1. The molecular formula is C13H18N2O. The highest BCUT2D eigenvalue weighted by Crippen LogP contribution is 2.13. The van der Waals surface area contributed by atoms with E-state index in [0.29, 0.717) is 6.54 Å². The number of carbonyl (C=O) groups excluding carboxylic acids is 1. The Morgan fingerprint density at radius 3 is 2.94 bits per heavy atom. The monoisotopic (exact) mass is 218 g/mol. The van der Waals surface area contributed by atoms with E-state index in [-0.39, 0.29) is 5.91 Å². The topological polar surface area (TPSA) is 32.3 Å². The molecule has 2 rings (SSSR count). The molecule has 0 spiro atoms. The van der Waals surface area contributed by atoms with Crippen LogP contribution in [0.4, 0.5) is 0 Å². The predicted octanol–water partition coefficient (Wildman–Crippen LogP) is 1.24. The van der Waals surface area contributed by atoms with Gasteiger partial charge in [-0.25, -0.2) is 0 Å². The normalized spacial score (nSPS) is 17.2. The molecule has 1 aromatic carbocycles. The lowest BCUT2D eigenvalue weighted by molar-refractivity contribution is -0.124. The molecule has 0 unspecified atom stereocenters. The highest BCUT2D eigenvalue weighted by Gasteiger charge is 2.16. The van der Waals surface area contributed by atoms with E-state index in [1.807, 2.05) is 0 Å². The Hall–Kier alpha value is -1.35. The smallest absolute Gasteiger partial charge is 0.234 e. The van der Waals surface area contributed by atoms with Crippen molar-refractivity contribution in [2.24, 2.45) is 0 Å². The number of aryl methyl sites for hydroxylation is 2. The van der Waals surface area contributed by atoms with E-state index in [4.69, 9.17) is 0 Å². The van der Waals surface area contributed by atoms with Gasteiger partial charge < -0.3 is 5.32 Å². The van der Waals surface area contributed by atoms with E-state index in [9.17, 15) is 4.79 Å². The van der Waals surface area contributed by atoms with Crippen molar-refractivity contribution in [3.05, 3.63) is 34.9 Å². The number of benzene rings is 1. The minimum absolute atomic E-state index is 0.136. The fourth-order valence-corrected chi connectivity index (χ4v) is 2.04. The van der Waals surface area contributed by atoms with Crippen LogP contribution in [0, 0.1) is 13.8 Å². The number of hydrogen-bond donors (Lipinski definition) is 1. The molecule has 1 amide bonds. The van der Waals surface area contributed by atoms with Gasteiger partial charge in [-0.05, 0) is 25.0 Å². The van der Waals surface area contributed by atoms with Gasteiger partial charge in [-0.3, -0.25) is 9.69 Å². The molecule has 1 heterocycles. The first-order valence-electron chi connectivity index (χ1n) is 5.70. The van der Waals surface area contributed by atoms with Crippen molar-refractivity contribution in [2.75, 3.05) is 19.6 Å². The van der Waals surface area contributed by atoms with Gasteiger partial charge in [-0.1, -0.05) is 23.8 Å². The Balaban J connectivity index is 2.08. The van der Waals surface area contributed by atoms with Crippen LogP contribution in [0.3, 0.4) is 0 Å². The molecule has 1 fully saturated rings. The zero-order chi connectivity index (χ0) is 11.5. The number of hydrogen-bond acceptors (Lipinski definition) is 2. The second kappa shape index (κ2) is 4.66. The average molecular weight is 218 g/mol. The van der Waals surface area contributed by atoms with E-state index < -0.39 is 0 Å². The summed E-state index contributed by atoms with van der Waals surface area (Å²) in [6.45, 7) is 7.34. The van der Waals surface area contributed by atoms with Crippen LogP contribution in [0.25, 0.3) is 0 Å². The zero-order valence-electron chi connectivity index (χ0n) is 9.92. The fourth-order valence-electron chi connectivity index (χ4n) is 2.04. The van der Waals surface area contributed by atoms with Crippen LogP contribution >= 0.6 is 0 Å². The van der Waals surface area contributed by atoms with Crippen molar-refractivity contribution in [3.63, 3.8) is 0 Å². The maximum absolute atomic E-state index is 11.3. The van der Waals surface area contributed by atoms with Crippen molar-refractivity contribution in [1.29, 1.82) is 0 Å². The van der Waals surface area contributed by atoms with Gasteiger partial charge in [0.05, 0.1) is 6.54 Å². The summed E-state index contributed by atoms with van der Waals surface area (Å²) >= 11 is 0. The summed E-state index contributed by atoms with van der Waals surface area (Å²) in [5.74, 6) is 0.136. The molecule has 0 aliphatic carbocycles. The summed E-state index contributed by atoms with van der Waals surface area (Å²) in [5.41, 5.74) is 3.91. The largest absolute Gasteiger partial charge is 0.354 e. The molecule has 1 saturated heterocycles. The maximum Gasteiger partial charge on any atom is 0.234 e. The number of rotatable bonds is 2. The van der Waals surface area contributed by atoms with Crippen LogP contribution in [0.1, 0.15) is 16.7 Å². The number of amides is 1. The standard InChI is InChI=1S/C13H18N2O/c1-10-3-4-11(2)12(7-10)8-15-6-5-14-13(16)9-15/h3-4,7H,5-6,8-9H2,1-2H3,(H,14,16). The van der Waals surface area contributed by atoms with Gasteiger partial charge >= 0.3 is 0 Å². The molecule has 1 aliphatic heterocycles. The molecule has 1 aliphatic rings. The van der Waals surface area contributed by atoms with Crippen LogP contribution < -0.4 is 5.32 Å². The van der Waals surface area contributed by atoms with Crippen molar-refractivity contribution in [3.8, 4) is 0 Å². The Morgan fingerprint density at radius 2 is 2.19 bits per heavy atom. The van der Waals surface area contributed by atoms with Crippen molar-refractivity contribution in [2.45, 2.75) is 20.4 Å². The quantitative estimate of drug-likeness (QED) is 0.810. The molecule has 16 heavy (non-hydrogen) atoms. The molecule has 86 valence electrons. The number of carbonyl (C=O) groups is 1. The van der Waals surface area contributed by atoms with Crippen LogP contribution in [0.5, 0.6) is 0 Å². The predicted molar refractivity (Wildman–Crippen MR) is 64.2 cm³/mol. The van der Waals surface area contributed by atoms with E-state index in [1.165, 1.54) is 16.7 Å². The summed E-state index contributed by atoms with van der Waals surface area (Å²) in [5, 5.41) is 2.84. The lowest BCUT2D eigenvalue weighted by Gasteiger charge is -2.27. The van der Waals surface area contributed by atoms with Gasteiger partial charge in [-0.2, -0.15) is 0 Å². The van der Waals surface area contributed by atoms with Crippen LogP contribution in [-0.4, -0.2) is 30.4 Å². The van der Waals surface area contributed by atoms with Gasteiger partial charge in [0.2, 0.25) is 5.91 Å². The number of piperazine rings is 1. The summed E-state index contributed by atoms with van der Waals surface area (Å²) in [4.78, 5) is 13.5. The molecule has 3 nitrogen and oxygen atoms in total. The summed E-state index contributed by atoms with van der Waals surface area (Å²) in [6, 6.07) is 6.48. The third-order valence-corrected chi connectivity index (χ3v) is 3.02. The lowest BCUT2D eigenvalue weighted by Crippen LogP contribution is -2.47. The molecule has 0 radical (unpaired) electrons. The summed E-state index contributed by atoms with van der Waals surface area (Å²) < 4.78 is 0.